The van der Waals surface area contributed by atoms with E-state index >= 15 is 0 Å². The van der Waals surface area contributed by atoms with Crippen molar-refractivity contribution in [1.29, 1.82) is 0 Å². The normalized spacial score (nSPS) is 14.9. The van der Waals surface area contributed by atoms with E-state index in [1.807, 2.05) is 18.6 Å². The van der Waals surface area contributed by atoms with Crippen molar-refractivity contribution in [2.45, 2.75) is 26.3 Å². The second-order valence-corrected chi connectivity index (χ2v) is 5.58. The Hall–Kier alpha value is -2.15. The molecule has 2 aromatic rings. The SMILES string of the molecule is CCc1cc(NCCCn2ccnc2)nc(N2CCOCC2)n1. The standard InChI is InChI=1S/C16H24N6O/c1-2-14-12-15(18-4-3-6-21-7-5-17-13-21)20-16(19-14)22-8-10-23-11-9-22/h5,7,12-13H,2-4,6,8-11H2,1H3,(H,18,19,20). The van der Waals surface area contributed by atoms with Gasteiger partial charge in [0.2, 0.25) is 5.95 Å². The highest BCUT2D eigenvalue weighted by atomic mass is 16.5. The van der Waals surface area contributed by atoms with Crippen molar-refractivity contribution in [3.05, 3.63) is 30.5 Å². The molecule has 23 heavy (non-hydrogen) atoms. The predicted octanol–water partition coefficient (Wildman–Crippen LogP) is 1.57. The van der Waals surface area contributed by atoms with Gasteiger partial charge in [0.15, 0.2) is 0 Å². The van der Waals surface area contributed by atoms with Crippen LogP contribution in [0, 0.1) is 0 Å². The molecule has 0 atom stereocenters. The minimum atomic E-state index is 0.743. The zero-order valence-electron chi connectivity index (χ0n) is 13.6. The zero-order chi connectivity index (χ0) is 15.9. The minimum absolute atomic E-state index is 0.743. The molecule has 0 spiro atoms. The van der Waals surface area contributed by atoms with Crippen molar-refractivity contribution in [3.8, 4) is 0 Å². The number of nitrogens with zero attached hydrogens (tertiary/aromatic N) is 5. The average Bonchev–Trinajstić information content (AvgIpc) is 3.13. The third-order valence-electron chi connectivity index (χ3n) is 3.88. The van der Waals surface area contributed by atoms with E-state index < -0.39 is 0 Å². The Morgan fingerprint density at radius 2 is 2.13 bits per heavy atom. The van der Waals surface area contributed by atoms with E-state index in [0.29, 0.717) is 0 Å². The Kier molecular flexibility index (Phi) is 5.42. The van der Waals surface area contributed by atoms with Gasteiger partial charge in [-0.1, -0.05) is 6.92 Å². The van der Waals surface area contributed by atoms with Crippen LogP contribution in [0.5, 0.6) is 0 Å². The third-order valence-corrected chi connectivity index (χ3v) is 3.88. The van der Waals surface area contributed by atoms with Gasteiger partial charge in [-0.15, -0.1) is 0 Å². The van der Waals surface area contributed by atoms with E-state index in [2.05, 4.69) is 36.7 Å². The van der Waals surface area contributed by atoms with Gasteiger partial charge in [-0.3, -0.25) is 0 Å². The van der Waals surface area contributed by atoms with Gasteiger partial charge in [-0.25, -0.2) is 9.97 Å². The van der Waals surface area contributed by atoms with Crippen molar-refractivity contribution in [3.63, 3.8) is 0 Å². The van der Waals surface area contributed by atoms with Crippen LogP contribution in [0.3, 0.4) is 0 Å². The Morgan fingerprint density at radius 3 is 2.87 bits per heavy atom. The number of aryl methyl sites for hydroxylation is 2. The van der Waals surface area contributed by atoms with Gasteiger partial charge in [-0.05, 0) is 12.8 Å². The number of anilines is 2. The molecule has 0 amide bonds. The summed E-state index contributed by atoms with van der Waals surface area (Å²) < 4.78 is 7.48. The molecule has 3 heterocycles. The summed E-state index contributed by atoms with van der Waals surface area (Å²) in [5, 5.41) is 3.42. The van der Waals surface area contributed by atoms with E-state index in [0.717, 1.165) is 69.7 Å². The number of imidazole rings is 1. The molecule has 2 aromatic heterocycles. The first-order valence-corrected chi connectivity index (χ1v) is 8.25. The summed E-state index contributed by atoms with van der Waals surface area (Å²) in [6.07, 6.45) is 7.56. The molecule has 1 saturated heterocycles. The molecular weight excluding hydrogens is 292 g/mol. The van der Waals surface area contributed by atoms with Gasteiger partial charge in [0.05, 0.1) is 19.5 Å². The topological polar surface area (TPSA) is 68.1 Å². The highest BCUT2D eigenvalue weighted by molar-refractivity contribution is 5.44. The highest BCUT2D eigenvalue weighted by Crippen LogP contribution is 2.16. The van der Waals surface area contributed by atoms with Crippen LogP contribution in [-0.4, -0.2) is 52.4 Å². The molecule has 1 aliphatic rings. The smallest absolute Gasteiger partial charge is 0.227 e. The van der Waals surface area contributed by atoms with Crippen molar-refractivity contribution >= 4 is 11.8 Å². The van der Waals surface area contributed by atoms with E-state index in [1.54, 1.807) is 6.20 Å². The van der Waals surface area contributed by atoms with Crippen molar-refractivity contribution in [1.82, 2.24) is 19.5 Å². The molecule has 0 saturated carbocycles. The van der Waals surface area contributed by atoms with E-state index in [1.165, 1.54) is 0 Å². The summed E-state index contributed by atoms with van der Waals surface area (Å²) in [4.78, 5) is 15.6. The molecule has 1 fully saturated rings. The zero-order valence-corrected chi connectivity index (χ0v) is 13.6. The van der Waals surface area contributed by atoms with Gasteiger partial charge >= 0.3 is 0 Å². The first kappa shape index (κ1) is 15.7. The molecule has 3 rings (SSSR count). The lowest BCUT2D eigenvalue weighted by Gasteiger charge is -2.27. The van der Waals surface area contributed by atoms with Crippen LogP contribution in [-0.2, 0) is 17.7 Å². The fourth-order valence-electron chi connectivity index (χ4n) is 2.56. The predicted molar refractivity (Wildman–Crippen MR) is 89.8 cm³/mol. The van der Waals surface area contributed by atoms with Gasteiger partial charge < -0.3 is 19.5 Å². The second-order valence-electron chi connectivity index (χ2n) is 5.58. The number of aromatic nitrogens is 4. The van der Waals surface area contributed by atoms with Crippen LogP contribution in [0.2, 0.25) is 0 Å². The van der Waals surface area contributed by atoms with Crippen LogP contribution < -0.4 is 10.2 Å². The van der Waals surface area contributed by atoms with E-state index in [-0.39, 0.29) is 0 Å². The summed E-state index contributed by atoms with van der Waals surface area (Å²) in [5.74, 6) is 1.72. The first-order valence-electron chi connectivity index (χ1n) is 8.25. The van der Waals surface area contributed by atoms with Crippen molar-refractivity contribution in [2.75, 3.05) is 43.1 Å². The average molecular weight is 316 g/mol. The summed E-state index contributed by atoms with van der Waals surface area (Å²) in [6, 6.07) is 2.04. The molecule has 0 bridgehead atoms. The fraction of sp³-hybridized carbons (Fsp3) is 0.562. The van der Waals surface area contributed by atoms with Crippen LogP contribution in [0.1, 0.15) is 19.0 Å². The van der Waals surface area contributed by atoms with Crippen molar-refractivity contribution in [2.24, 2.45) is 0 Å². The Balaban J connectivity index is 1.58. The van der Waals surface area contributed by atoms with Crippen LogP contribution in [0.25, 0.3) is 0 Å². The fourth-order valence-corrected chi connectivity index (χ4v) is 2.56. The third kappa shape index (κ3) is 4.41. The van der Waals surface area contributed by atoms with E-state index in [9.17, 15) is 0 Å². The van der Waals surface area contributed by atoms with Crippen LogP contribution in [0.15, 0.2) is 24.8 Å². The Morgan fingerprint density at radius 1 is 1.26 bits per heavy atom. The molecule has 124 valence electrons. The number of nitrogens with one attached hydrogen (secondary N) is 1. The maximum Gasteiger partial charge on any atom is 0.227 e. The second kappa shape index (κ2) is 7.92. The lowest BCUT2D eigenvalue weighted by Crippen LogP contribution is -2.37. The number of rotatable bonds is 7. The monoisotopic (exact) mass is 316 g/mol. The molecule has 0 aromatic carbocycles. The molecule has 0 aliphatic carbocycles. The molecule has 1 aliphatic heterocycles. The summed E-state index contributed by atoms with van der Waals surface area (Å²) in [7, 11) is 0. The lowest BCUT2D eigenvalue weighted by atomic mass is 10.3. The van der Waals surface area contributed by atoms with Crippen molar-refractivity contribution < 1.29 is 4.74 Å². The van der Waals surface area contributed by atoms with Crippen LogP contribution in [0.4, 0.5) is 11.8 Å². The molecule has 1 N–H and O–H groups in total. The maximum atomic E-state index is 5.40. The number of hydrogen-bond donors (Lipinski definition) is 1. The molecule has 7 heteroatoms. The molecular formula is C16H24N6O. The van der Waals surface area contributed by atoms with E-state index in [4.69, 9.17) is 4.74 Å². The lowest BCUT2D eigenvalue weighted by molar-refractivity contribution is 0.122. The summed E-state index contributed by atoms with van der Waals surface area (Å²) >= 11 is 0. The first-order chi connectivity index (χ1) is 11.3. The number of ether oxygens (including phenoxy) is 1. The Bertz CT molecular complexity index is 595. The summed E-state index contributed by atoms with van der Waals surface area (Å²) in [5.41, 5.74) is 1.07. The number of hydrogen-bond acceptors (Lipinski definition) is 6. The molecule has 7 nitrogen and oxygen atoms in total. The van der Waals surface area contributed by atoms with Crippen LogP contribution >= 0.6 is 0 Å². The van der Waals surface area contributed by atoms with Gasteiger partial charge in [0.1, 0.15) is 5.82 Å². The Labute approximate surface area is 136 Å². The minimum Gasteiger partial charge on any atom is -0.378 e. The van der Waals surface area contributed by atoms with Gasteiger partial charge in [0, 0.05) is 50.3 Å². The summed E-state index contributed by atoms with van der Waals surface area (Å²) in [6.45, 7) is 7.14. The quantitative estimate of drug-likeness (QED) is 0.782. The number of morpholine rings is 1. The highest BCUT2D eigenvalue weighted by Gasteiger charge is 2.15. The van der Waals surface area contributed by atoms with Gasteiger partial charge in [-0.2, -0.15) is 4.98 Å². The molecule has 0 unspecified atom stereocenters. The molecule has 0 radical (unpaired) electrons. The maximum absolute atomic E-state index is 5.40. The largest absolute Gasteiger partial charge is 0.378 e. The van der Waals surface area contributed by atoms with Gasteiger partial charge in [0.25, 0.3) is 0 Å².